The zero-order valence-corrected chi connectivity index (χ0v) is 13.1. The second-order valence-electron chi connectivity index (χ2n) is 6.58. The summed E-state index contributed by atoms with van der Waals surface area (Å²) in [4.78, 5) is 0. The van der Waals surface area contributed by atoms with Crippen LogP contribution in [0.2, 0.25) is 0 Å². The Morgan fingerprint density at radius 2 is 1.45 bits per heavy atom. The second kappa shape index (κ2) is 8.46. The van der Waals surface area contributed by atoms with Gasteiger partial charge in [0.15, 0.2) is 0 Å². The number of rotatable bonds is 7. The van der Waals surface area contributed by atoms with Crippen LogP contribution in [0.1, 0.15) is 63.0 Å². The predicted molar refractivity (Wildman–Crippen MR) is 87.9 cm³/mol. The summed E-state index contributed by atoms with van der Waals surface area (Å²) in [6.07, 6.45) is 12.0. The molecule has 0 radical (unpaired) electrons. The molecule has 0 atom stereocenters. The molecule has 0 amide bonds. The highest BCUT2D eigenvalue weighted by Crippen LogP contribution is 2.31. The Balaban J connectivity index is 1.71. The van der Waals surface area contributed by atoms with Gasteiger partial charge in [-0.2, -0.15) is 0 Å². The van der Waals surface area contributed by atoms with Gasteiger partial charge in [0.2, 0.25) is 0 Å². The molecule has 1 nitrogen and oxygen atoms in total. The molecule has 20 heavy (non-hydrogen) atoms. The number of hydrogen-bond donors (Lipinski definition) is 1. The Morgan fingerprint density at radius 1 is 0.900 bits per heavy atom. The van der Waals surface area contributed by atoms with Gasteiger partial charge in [0.25, 0.3) is 0 Å². The Labute approximate surface area is 125 Å². The quantitative estimate of drug-likeness (QED) is 0.764. The average Bonchev–Trinajstić information content (AvgIpc) is 2.52. The fraction of sp³-hybridized carbons (Fsp3) is 0.684. The molecule has 0 aromatic heterocycles. The van der Waals surface area contributed by atoms with Crippen LogP contribution in [-0.4, -0.2) is 6.54 Å². The molecule has 0 aliphatic heterocycles. The number of aryl methyl sites for hydroxylation is 2. The van der Waals surface area contributed by atoms with E-state index >= 15 is 0 Å². The van der Waals surface area contributed by atoms with Crippen LogP contribution in [0.3, 0.4) is 0 Å². The van der Waals surface area contributed by atoms with E-state index in [0.717, 1.165) is 18.4 Å². The molecule has 1 fully saturated rings. The summed E-state index contributed by atoms with van der Waals surface area (Å²) in [5.74, 6) is 1.75. The molecule has 1 heteroatoms. The first-order valence-electron chi connectivity index (χ1n) is 8.59. The first-order chi connectivity index (χ1) is 9.81. The van der Waals surface area contributed by atoms with Crippen LogP contribution >= 0.6 is 0 Å². The van der Waals surface area contributed by atoms with Crippen LogP contribution < -0.4 is 5.73 Å². The van der Waals surface area contributed by atoms with Gasteiger partial charge in [0.1, 0.15) is 0 Å². The maximum Gasteiger partial charge on any atom is -0.00489 e. The van der Waals surface area contributed by atoms with Gasteiger partial charge in [-0.1, -0.05) is 50.5 Å². The van der Waals surface area contributed by atoms with Gasteiger partial charge in [-0.3, -0.25) is 0 Å². The minimum atomic E-state index is 0.809. The van der Waals surface area contributed by atoms with Crippen molar-refractivity contribution in [1.29, 1.82) is 0 Å². The lowest BCUT2D eigenvalue weighted by molar-refractivity contribution is 0.268. The SMILES string of the molecule is CCCCc1ccc(CCC2CCC(CN)CC2)cc1. The smallest absolute Gasteiger partial charge is 0.00489 e. The molecule has 2 N–H and O–H groups in total. The van der Waals surface area contributed by atoms with Crippen LogP contribution in [0.15, 0.2) is 24.3 Å². The van der Waals surface area contributed by atoms with Gasteiger partial charge >= 0.3 is 0 Å². The fourth-order valence-electron chi connectivity index (χ4n) is 3.38. The molecule has 1 aromatic carbocycles. The second-order valence-corrected chi connectivity index (χ2v) is 6.58. The molecule has 0 unspecified atom stereocenters. The Morgan fingerprint density at radius 3 is 2.00 bits per heavy atom. The fourth-order valence-corrected chi connectivity index (χ4v) is 3.38. The Bertz CT molecular complexity index is 360. The van der Waals surface area contributed by atoms with Gasteiger partial charge < -0.3 is 5.73 Å². The average molecular weight is 273 g/mol. The molecule has 1 saturated carbocycles. The summed E-state index contributed by atoms with van der Waals surface area (Å²) in [7, 11) is 0. The maximum atomic E-state index is 5.76. The van der Waals surface area contributed by atoms with Gasteiger partial charge in [-0.25, -0.2) is 0 Å². The summed E-state index contributed by atoms with van der Waals surface area (Å²) in [5.41, 5.74) is 8.78. The third kappa shape index (κ3) is 4.94. The number of hydrogen-bond acceptors (Lipinski definition) is 1. The summed E-state index contributed by atoms with van der Waals surface area (Å²) in [5, 5.41) is 0. The normalized spacial score (nSPS) is 22.9. The molecule has 112 valence electrons. The van der Waals surface area contributed by atoms with Crippen molar-refractivity contribution >= 4 is 0 Å². The van der Waals surface area contributed by atoms with E-state index in [9.17, 15) is 0 Å². The van der Waals surface area contributed by atoms with Crippen molar-refractivity contribution in [3.05, 3.63) is 35.4 Å². The number of benzene rings is 1. The minimum absolute atomic E-state index is 0.809. The third-order valence-electron chi connectivity index (χ3n) is 4.98. The van der Waals surface area contributed by atoms with Crippen molar-refractivity contribution in [1.82, 2.24) is 0 Å². The first kappa shape index (κ1) is 15.6. The molecule has 2 rings (SSSR count). The van der Waals surface area contributed by atoms with Crippen molar-refractivity contribution in [3.8, 4) is 0 Å². The van der Waals surface area contributed by atoms with Crippen LogP contribution in [0.25, 0.3) is 0 Å². The van der Waals surface area contributed by atoms with Crippen LogP contribution in [-0.2, 0) is 12.8 Å². The van der Waals surface area contributed by atoms with Crippen LogP contribution in [0, 0.1) is 11.8 Å². The number of unbranched alkanes of at least 4 members (excludes halogenated alkanes) is 1. The monoisotopic (exact) mass is 273 g/mol. The summed E-state index contributed by atoms with van der Waals surface area (Å²) >= 11 is 0. The van der Waals surface area contributed by atoms with Crippen molar-refractivity contribution in [3.63, 3.8) is 0 Å². The van der Waals surface area contributed by atoms with Crippen molar-refractivity contribution in [2.45, 2.75) is 64.7 Å². The predicted octanol–water partition coefficient (Wildman–Crippen LogP) is 4.73. The summed E-state index contributed by atoms with van der Waals surface area (Å²) in [6, 6.07) is 9.35. The lowest BCUT2D eigenvalue weighted by atomic mass is 9.79. The zero-order chi connectivity index (χ0) is 14.2. The van der Waals surface area contributed by atoms with E-state index < -0.39 is 0 Å². The zero-order valence-electron chi connectivity index (χ0n) is 13.1. The molecule has 0 saturated heterocycles. The lowest BCUT2D eigenvalue weighted by Crippen LogP contribution is -2.21. The highest BCUT2D eigenvalue weighted by molar-refractivity contribution is 5.22. The van der Waals surface area contributed by atoms with E-state index in [4.69, 9.17) is 5.73 Å². The highest BCUT2D eigenvalue weighted by atomic mass is 14.5. The standard InChI is InChI=1S/C19H31N/c1-2-3-4-16-5-7-17(8-6-16)9-10-18-11-13-19(15-20)14-12-18/h5-8,18-19H,2-4,9-15,20H2,1H3. The van der Waals surface area contributed by atoms with Crippen molar-refractivity contribution in [2.24, 2.45) is 17.6 Å². The highest BCUT2D eigenvalue weighted by Gasteiger charge is 2.19. The molecule has 0 bridgehead atoms. The van der Waals surface area contributed by atoms with Crippen molar-refractivity contribution in [2.75, 3.05) is 6.54 Å². The summed E-state index contributed by atoms with van der Waals surface area (Å²) < 4.78 is 0. The molecule has 0 spiro atoms. The van der Waals surface area contributed by atoms with Crippen LogP contribution in [0.5, 0.6) is 0 Å². The topological polar surface area (TPSA) is 26.0 Å². The molecule has 1 aromatic rings. The largest absolute Gasteiger partial charge is 0.330 e. The van der Waals surface area contributed by atoms with Gasteiger partial charge in [-0.05, 0) is 68.0 Å². The minimum Gasteiger partial charge on any atom is -0.330 e. The molecule has 1 aliphatic carbocycles. The van der Waals surface area contributed by atoms with E-state index in [2.05, 4.69) is 31.2 Å². The molecular formula is C19H31N. The van der Waals surface area contributed by atoms with E-state index in [-0.39, 0.29) is 0 Å². The van der Waals surface area contributed by atoms with Gasteiger partial charge in [0, 0.05) is 0 Å². The van der Waals surface area contributed by atoms with Crippen molar-refractivity contribution < 1.29 is 0 Å². The molecular weight excluding hydrogens is 242 g/mol. The van der Waals surface area contributed by atoms with Crippen LogP contribution in [0.4, 0.5) is 0 Å². The molecule has 1 aliphatic rings. The lowest BCUT2D eigenvalue weighted by Gasteiger charge is -2.27. The summed E-state index contributed by atoms with van der Waals surface area (Å²) in [6.45, 7) is 3.15. The van der Waals surface area contributed by atoms with E-state index in [1.54, 1.807) is 0 Å². The van der Waals surface area contributed by atoms with Gasteiger partial charge in [0.05, 0.1) is 0 Å². The Hall–Kier alpha value is -0.820. The first-order valence-corrected chi connectivity index (χ1v) is 8.59. The van der Waals surface area contributed by atoms with E-state index in [1.807, 2.05) is 0 Å². The molecule has 0 heterocycles. The third-order valence-corrected chi connectivity index (χ3v) is 4.98. The Kier molecular flexibility index (Phi) is 6.59. The van der Waals surface area contributed by atoms with E-state index in [0.29, 0.717) is 0 Å². The van der Waals surface area contributed by atoms with E-state index in [1.165, 1.54) is 68.9 Å². The number of nitrogens with two attached hydrogens (primary N) is 1. The maximum absolute atomic E-state index is 5.76. The van der Waals surface area contributed by atoms with Gasteiger partial charge in [-0.15, -0.1) is 0 Å².